The maximum Gasteiger partial charge on any atom is 0.270 e. The molecule has 1 aliphatic rings. The molecule has 0 aromatic heterocycles. The third-order valence-corrected chi connectivity index (χ3v) is 4.79. The second kappa shape index (κ2) is 7.16. The van der Waals surface area contributed by atoms with Crippen molar-refractivity contribution in [2.24, 2.45) is 0 Å². The molecule has 1 atom stereocenters. The zero-order valence-electron chi connectivity index (χ0n) is 15.4. The Hall–Kier alpha value is -4.07. The van der Waals surface area contributed by atoms with Crippen molar-refractivity contribution in [2.75, 3.05) is 17.3 Å². The molecule has 8 heteroatoms. The number of nitrogens with zero attached hydrogens (tertiary/aromatic N) is 2. The lowest BCUT2D eigenvalue weighted by Gasteiger charge is -2.38. The van der Waals surface area contributed by atoms with Gasteiger partial charge in [-0.15, -0.1) is 0 Å². The number of anilines is 2. The largest absolute Gasteiger partial charge is 0.508 e. The number of carbonyl (C=O) groups is 1. The number of para-hydroxylation sites is 1. The fourth-order valence-electron chi connectivity index (χ4n) is 3.35. The molecule has 0 saturated heterocycles. The molecule has 0 radical (unpaired) electrons. The van der Waals surface area contributed by atoms with Crippen LogP contribution in [0.1, 0.15) is 22.1 Å². The quantitative estimate of drug-likeness (QED) is 0.513. The predicted molar refractivity (Wildman–Crippen MR) is 107 cm³/mol. The van der Waals surface area contributed by atoms with E-state index in [1.54, 1.807) is 55.6 Å². The highest BCUT2D eigenvalue weighted by atomic mass is 16.6. The number of phenolic OH excluding ortho intramolecular Hbond substituents is 1. The number of fused-ring (bicyclic) bond motifs is 1. The second-order valence-corrected chi connectivity index (χ2v) is 6.47. The monoisotopic (exact) mass is 391 g/mol. The summed E-state index contributed by atoms with van der Waals surface area (Å²) in [6.07, 6.45) is -0.842. The molecule has 0 saturated carbocycles. The summed E-state index contributed by atoms with van der Waals surface area (Å²) in [5, 5.41) is 24.9. The first kappa shape index (κ1) is 18.3. The molecule has 8 nitrogen and oxygen atoms in total. The number of phenols is 1. The van der Waals surface area contributed by atoms with Crippen molar-refractivity contribution in [2.45, 2.75) is 6.17 Å². The molecule has 146 valence electrons. The average molecular weight is 391 g/mol. The van der Waals surface area contributed by atoms with E-state index in [2.05, 4.69) is 5.32 Å². The van der Waals surface area contributed by atoms with Crippen LogP contribution in [0.3, 0.4) is 0 Å². The fraction of sp³-hybridized carbons (Fsp3) is 0.0952. The molecule has 1 heterocycles. The Morgan fingerprint density at radius 2 is 1.83 bits per heavy atom. The Kier molecular flexibility index (Phi) is 4.52. The highest BCUT2D eigenvalue weighted by Gasteiger charge is 2.36. The number of methoxy groups -OCH3 is 1. The van der Waals surface area contributed by atoms with Gasteiger partial charge in [0.2, 0.25) is 0 Å². The van der Waals surface area contributed by atoms with Crippen molar-refractivity contribution in [1.29, 1.82) is 0 Å². The Morgan fingerprint density at radius 1 is 1.10 bits per heavy atom. The van der Waals surface area contributed by atoms with Crippen molar-refractivity contribution in [3.63, 3.8) is 0 Å². The molecule has 0 aliphatic carbocycles. The molecule has 3 aromatic rings. The van der Waals surface area contributed by atoms with Gasteiger partial charge in [-0.2, -0.15) is 0 Å². The van der Waals surface area contributed by atoms with Gasteiger partial charge in [0, 0.05) is 29.1 Å². The summed E-state index contributed by atoms with van der Waals surface area (Å²) in [6.45, 7) is 0. The van der Waals surface area contributed by atoms with Gasteiger partial charge in [-0.05, 0) is 42.5 Å². The van der Waals surface area contributed by atoms with Gasteiger partial charge in [-0.3, -0.25) is 19.8 Å². The summed E-state index contributed by atoms with van der Waals surface area (Å²) in [4.78, 5) is 25.5. The lowest BCUT2D eigenvalue weighted by Crippen LogP contribution is -2.43. The number of benzene rings is 3. The molecule has 3 aromatic carbocycles. The van der Waals surface area contributed by atoms with Crippen molar-refractivity contribution < 1.29 is 19.6 Å². The highest BCUT2D eigenvalue weighted by molar-refractivity contribution is 6.12. The molecular formula is C21H17N3O5. The van der Waals surface area contributed by atoms with Gasteiger partial charge in [-0.1, -0.05) is 12.1 Å². The average Bonchev–Trinajstić information content (AvgIpc) is 2.74. The van der Waals surface area contributed by atoms with Gasteiger partial charge in [-0.25, -0.2) is 0 Å². The first-order chi connectivity index (χ1) is 14.0. The number of nitro groups is 1. The minimum Gasteiger partial charge on any atom is -0.508 e. The zero-order valence-corrected chi connectivity index (χ0v) is 15.4. The number of non-ortho nitro benzene ring substituents is 1. The number of nitro benzene ring substituents is 1. The van der Waals surface area contributed by atoms with Gasteiger partial charge >= 0.3 is 0 Å². The van der Waals surface area contributed by atoms with Crippen LogP contribution in [0, 0.1) is 10.1 Å². The number of carbonyl (C=O) groups excluding carboxylic acids is 1. The van der Waals surface area contributed by atoms with Crippen molar-refractivity contribution in [3.05, 3.63) is 88.0 Å². The Bertz CT molecular complexity index is 1100. The number of amides is 1. The lowest BCUT2D eigenvalue weighted by atomic mass is 10.0. The summed E-state index contributed by atoms with van der Waals surface area (Å²) in [7, 11) is 1.54. The number of hydrogen-bond donors (Lipinski definition) is 2. The van der Waals surface area contributed by atoms with Gasteiger partial charge in [0.1, 0.15) is 17.7 Å². The lowest BCUT2D eigenvalue weighted by molar-refractivity contribution is -0.385. The van der Waals surface area contributed by atoms with E-state index in [1.165, 1.54) is 23.1 Å². The minimum atomic E-state index is -0.842. The van der Waals surface area contributed by atoms with Gasteiger partial charge in [0.15, 0.2) is 0 Å². The van der Waals surface area contributed by atoms with E-state index in [4.69, 9.17) is 4.74 Å². The van der Waals surface area contributed by atoms with E-state index >= 15 is 0 Å². The summed E-state index contributed by atoms with van der Waals surface area (Å²) < 4.78 is 5.18. The third kappa shape index (κ3) is 3.20. The molecule has 1 amide bonds. The summed E-state index contributed by atoms with van der Waals surface area (Å²) >= 11 is 0. The van der Waals surface area contributed by atoms with Crippen LogP contribution in [0.15, 0.2) is 66.7 Å². The van der Waals surface area contributed by atoms with Gasteiger partial charge in [0.05, 0.1) is 17.6 Å². The number of nitrogens with one attached hydrogen (secondary N) is 1. The topological polar surface area (TPSA) is 105 Å². The van der Waals surface area contributed by atoms with E-state index < -0.39 is 11.1 Å². The molecule has 4 rings (SSSR count). The van der Waals surface area contributed by atoms with E-state index in [1.807, 2.05) is 0 Å². The van der Waals surface area contributed by atoms with Crippen molar-refractivity contribution in [1.82, 2.24) is 0 Å². The van der Waals surface area contributed by atoms with E-state index in [9.17, 15) is 20.0 Å². The number of rotatable bonds is 4. The molecule has 2 N–H and O–H groups in total. The van der Waals surface area contributed by atoms with Crippen LogP contribution < -0.4 is 15.0 Å². The maximum atomic E-state index is 13.3. The van der Waals surface area contributed by atoms with E-state index in [0.717, 1.165) is 0 Å². The summed E-state index contributed by atoms with van der Waals surface area (Å²) in [5.74, 6) is 0.181. The highest BCUT2D eigenvalue weighted by Crippen LogP contribution is 2.40. The van der Waals surface area contributed by atoms with Gasteiger partial charge in [0.25, 0.3) is 11.6 Å². The zero-order chi connectivity index (χ0) is 20.5. The van der Waals surface area contributed by atoms with Crippen molar-refractivity contribution in [3.8, 4) is 11.5 Å². The van der Waals surface area contributed by atoms with Crippen LogP contribution in [0.2, 0.25) is 0 Å². The molecular weight excluding hydrogens is 374 g/mol. The fourth-order valence-corrected chi connectivity index (χ4v) is 3.35. The standard InChI is InChI=1S/C21H17N3O5/c1-29-15-9-6-13(7-10-15)23-20(17-12-14(24(27)28)8-11-19(17)25)22-18-5-3-2-4-16(18)21(23)26/h2-12,20,22,25H,1H3. The minimum absolute atomic E-state index is 0.154. The number of ether oxygens (including phenoxy) is 1. The maximum absolute atomic E-state index is 13.3. The Labute approximate surface area is 166 Å². The number of hydrogen-bond acceptors (Lipinski definition) is 6. The normalized spacial score (nSPS) is 15.4. The molecule has 1 aliphatic heterocycles. The van der Waals surface area contributed by atoms with Crippen LogP contribution in [0.5, 0.6) is 11.5 Å². The van der Waals surface area contributed by atoms with Gasteiger partial charge < -0.3 is 15.2 Å². The molecule has 0 fully saturated rings. The van der Waals surface area contributed by atoms with Crippen LogP contribution in [-0.2, 0) is 0 Å². The van der Waals surface area contributed by atoms with Crippen LogP contribution >= 0.6 is 0 Å². The van der Waals surface area contributed by atoms with Crippen LogP contribution in [0.4, 0.5) is 17.1 Å². The SMILES string of the molecule is COc1ccc(N2C(=O)c3ccccc3NC2c2cc([N+](=O)[O-])ccc2O)cc1. The van der Waals surface area contributed by atoms with Crippen LogP contribution in [0.25, 0.3) is 0 Å². The Morgan fingerprint density at radius 3 is 2.52 bits per heavy atom. The molecule has 1 unspecified atom stereocenters. The number of aromatic hydroxyl groups is 1. The molecule has 0 bridgehead atoms. The molecule has 29 heavy (non-hydrogen) atoms. The van der Waals surface area contributed by atoms with E-state index in [0.29, 0.717) is 22.7 Å². The smallest absolute Gasteiger partial charge is 0.270 e. The first-order valence-corrected chi connectivity index (χ1v) is 8.80. The summed E-state index contributed by atoms with van der Waals surface area (Å²) in [6, 6.07) is 17.6. The Balaban J connectivity index is 1.88. The van der Waals surface area contributed by atoms with E-state index in [-0.39, 0.29) is 22.9 Å². The predicted octanol–water partition coefficient (Wildman–Crippen LogP) is 4.08. The molecule has 0 spiro atoms. The van der Waals surface area contributed by atoms with Crippen molar-refractivity contribution >= 4 is 23.0 Å². The third-order valence-electron chi connectivity index (χ3n) is 4.79. The first-order valence-electron chi connectivity index (χ1n) is 8.80. The van der Waals surface area contributed by atoms with Crippen LogP contribution in [-0.4, -0.2) is 23.0 Å². The second-order valence-electron chi connectivity index (χ2n) is 6.47. The summed E-state index contributed by atoms with van der Waals surface area (Å²) in [5.41, 5.74) is 1.63.